The molecule has 0 aliphatic heterocycles. The van der Waals surface area contributed by atoms with Crippen molar-refractivity contribution in [1.82, 2.24) is 0 Å². The molecule has 0 atom stereocenters. The van der Waals surface area contributed by atoms with E-state index < -0.39 is 0 Å². The molecule has 0 rings (SSSR count). The van der Waals surface area contributed by atoms with Crippen molar-refractivity contribution in [3.63, 3.8) is 0 Å². The van der Waals surface area contributed by atoms with Crippen molar-refractivity contribution in [3.05, 3.63) is 12.4 Å². The molecule has 3 nitrogen and oxygen atoms in total. The van der Waals surface area contributed by atoms with Crippen LogP contribution in [0.3, 0.4) is 0 Å². The molecule has 0 aromatic rings. The van der Waals surface area contributed by atoms with Gasteiger partial charge in [-0.05, 0) is 13.3 Å². The Kier molecular flexibility index (Phi) is 6.08. The van der Waals surface area contributed by atoms with Gasteiger partial charge in [0.25, 0.3) is 0 Å². The summed E-state index contributed by atoms with van der Waals surface area (Å²) < 4.78 is 0. The fourth-order valence-corrected chi connectivity index (χ4v) is 0.435. The molecule has 0 saturated carbocycles. The molecular weight excluding hydrogens is 138 g/mol. The van der Waals surface area contributed by atoms with Crippen LogP contribution in [-0.4, -0.2) is 18.8 Å². The van der Waals surface area contributed by atoms with Crippen LogP contribution in [0, 0.1) is 0 Å². The van der Waals surface area contributed by atoms with Crippen LogP contribution in [0.1, 0.15) is 20.3 Å². The number of hydrogen-bond acceptors (Lipinski definition) is 2. The minimum absolute atomic E-state index is 0.473. The first kappa shape index (κ1) is 9.75. The highest BCUT2D eigenvalue weighted by Gasteiger charge is 1.76. The Morgan fingerprint density at radius 3 is 2.73 bits per heavy atom. The molecule has 0 radical (unpaired) electrons. The third-order valence-corrected chi connectivity index (χ3v) is 0.840. The molecule has 0 fully saturated rings. The van der Waals surface area contributed by atoms with Crippen LogP contribution in [-0.2, 0) is 0 Å². The van der Waals surface area contributed by atoms with Gasteiger partial charge in [0.1, 0.15) is 12.2 Å². The van der Waals surface area contributed by atoms with Crippen LogP contribution in [0.25, 0.3) is 0 Å². The molecule has 0 heterocycles. The first-order chi connectivity index (χ1) is 5.31. The van der Waals surface area contributed by atoms with E-state index in [9.17, 15) is 0 Å². The summed E-state index contributed by atoms with van der Waals surface area (Å²) in [7, 11) is 0. The fourth-order valence-electron chi connectivity index (χ4n) is 0.435. The minimum atomic E-state index is 0.473. The normalized spacial score (nSPS) is 12.2. The van der Waals surface area contributed by atoms with Gasteiger partial charge in [-0.2, -0.15) is 0 Å². The molecule has 60 valence electrons. The molecule has 0 aromatic heterocycles. The quantitative estimate of drug-likeness (QED) is 0.435. The molecule has 0 saturated heterocycles. The van der Waals surface area contributed by atoms with Gasteiger partial charge in [-0.3, -0.25) is 0 Å². The van der Waals surface area contributed by atoms with Crippen molar-refractivity contribution >= 4 is 18.8 Å². The summed E-state index contributed by atoms with van der Waals surface area (Å²) in [5.74, 6) is 0.473. The van der Waals surface area contributed by atoms with E-state index in [0.29, 0.717) is 5.82 Å². The van der Waals surface area contributed by atoms with E-state index in [4.69, 9.17) is 0 Å². The predicted octanol–water partition coefficient (Wildman–Crippen LogP) is 2.06. The Balaban J connectivity index is 3.74. The summed E-state index contributed by atoms with van der Waals surface area (Å²) >= 11 is 0. The highest BCUT2D eigenvalue weighted by Crippen LogP contribution is 1.90. The molecule has 0 amide bonds. The lowest BCUT2D eigenvalue weighted by atomic mass is 10.5. The Morgan fingerprint density at radius 2 is 2.18 bits per heavy atom. The number of nitrogens with zero attached hydrogens (tertiary/aromatic N) is 3. The maximum absolute atomic E-state index is 3.86. The zero-order valence-corrected chi connectivity index (χ0v) is 6.99. The monoisotopic (exact) mass is 151 g/mol. The lowest BCUT2D eigenvalue weighted by Gasteiger charge is -1.84. The van der Waals surface area contributed by atoms with E-state index in [1.165, 1.54) is 6.34 Å². The van der Waals surface area contributed by atoms with Gasteiger partial charge >= 0.3 is 0 Å². The molecule has 0 aromatic carbocycles. The van der Waals surface area contributed by atoms with Crippen molar-refractivity contribution in [2.75, 3.05) is 0 Å². The van der Waals surface area contributed by atoms with E-state index in [1.54, 1.807) is 12.4 Å². The molecular formula is C8H13N3. The molecule has 0 spiro atoms. The Labute approximate surface area is 67.3 Å². The highest BCUT2D eigenvalue weighted by molar-refractivity contribution is 5.72. The van der Waals surface area contributed by atoms with Gasteiger partial charge in [-0.25, -0.2) is 15.0 Å². The molecule has 0 unspecified atom stereocenters. The van der Waals surface area contributed by atoms with Gasteiger partial charge in [0.05, 0.1) is 0 Å². The fraction of sp³-hybridized carbons (Fsp3) is 0.375. The summed E-state index contributed by atoms with van der Waals surface area (Å²) in [6.07, 6.45) is 5.77. The van der Waals surface area contributed by atoms with Crippen molar-refractivity contribution in [2.24, 2.45) is 15.0 Å². The second-order valence-electron chi connectivity index (χ2n) is 1.79. The standard InChI is InChI=1S/C8H13N3/c1-4-6-9-7-11-8(3)10-5-2/h5-7H,3-4H2,1-2H3/b9-6-,10-5-,11-7-. The van der Waals surface area contributed by atoms with Crippen LogP contribution < -0.4 is 0 Å². The van der Waals surface area contributed by atoms with Crippen molar-refractivity contribution in [1.29, 1.82) is 0 Å². The van der Waals surface area contributed by atoms with E-state index in [1.807, 2.05) is 13.8 Å². The second-order valence-corrected chi connectivity index (χ2v) is 1.79. The van der Waals surface area contributed by atoms with Gasteiger partial charge in [0, 0.05) is 12.4 Å². The summed E-state index contributed by atoms with van der Waals surface area (Å²) in [4.78, 5) is 11.5. The number of rotatable bonds is 4. The van der Waals surface area contributed by atoms with Gasteiger partial charge < -0.3 is 0 Å². The van der Waals surface area contributed by atoms with Crippen LogP contribution in [0.4, 0.5) is 0 Å². The third-order valence-electron chi connectivity index (χ3n) is 0.840. The van der Waals surface area contributed by atoms with E-state index in [2.05, 4.69) is 21.6 Å². The van der Waals surface area contributed by atoms with Gasteiger partial charge in [-0.1, -0.05) is 13.5 Å². The maximum Gasteiger partial charge on any atom is 0.146 e. The average molecular weight is 151 g/mol. The van der Waals surface area contributed by atoms with Crippen molar-refractivity contribution in [3.8, 4) is 0 Å². The van der Waals surface area contributed by atoms with Gasteiger partial charge in [0.15, 0.2) is 0 Å². The Hall–Kier alpha value is -1.25. The molecule has 3 heteroatoms. The van der Waals surface area contributed by atoms with Crippen LogP contribution >= 0.6 is 0 Å². The van der Waals surface area contributed by atoms with Crippen molar-refractivity contribution in [2.45, 2.75) is 20.3 Å². The van der Waals surface area contributed by atoms with Crippen LogP contribution in [0.2, 0.25) is 0 Å². The molecule has 0 N–H and O–H groups in total. The zero-order valence-electron chi connectivity index (χ0n) is 6.99. The third kappa shape index (κ3) is 6.64. The Bertz CT molecular complexity index is 190. The first-order valence-electron chi connectivity index (χ1n) is 3.53. The summed E-state index contributed by atoms with van der Waals surface area (Å²) in [5.41, 5.74) is 0. The summed E-state index contributed by atoms with van der Waals surface area (Å²) in [6.45, 7) is 7.40. The predicted molar refractivity (Wildman–Crippen MR) is 50.6 cm³/mol. The summed E-state index contributed by atoms with van der Waals surface area (Å²) in [5, 5.41) is 0. The topological polar surface area (TPSA) is 37.1 Å². The minimum Gasteiger partial charge on any atom is -0.249 e. The first-order valence-corrected chi connectivity index (χ1v) is 3.53. The Morgan fingerprint density at radius 1 is 1.45 bits per heavy atom. The zero-order chi connectivity index (χ0) is 8.53. The van der Waals surface area contributed by atoms with E-state index in [-0.39, 0.29) is 0 Å². The van der Waals surface area contributed by atoms with Gasteiger partial charge in [0.2, 0.25) is 0 Å². The van der Waals surface area contributed by atoms with E-state index >= 15 is 0 Å². The smallest absolute Gasteiger partial charge is 0.146 e. The second kappa shape index (κ2) is 6.86. The average Bonchev–Trinajstić information content (AvgIpc) is 1.99. The summed E-state index contributed by atoms with van der Waals surface area (Å²) in [6, 6.07) is 0. The number of aliphatic imine (C=N–C) groups is 3. The molecule has 0 aliphatic carbocycles. The lowest BCUT2D eigenvalue weighted by Crippen LogP contribution is -1.73. The maximum atomic E-state index is 3.86. The SMILES string of the molecule is C=C(/N=C\C)/N=C\N=C/CC. The highest BCUT2D eigenvalue weighted by atomic mass is 15.0. The lowest BCUT2D eigenvalue weighted by molar-refractivity contribution is 1.26. The largest absolute Gasteiger partial charge is 0.249 e. The molecule has 0 aliphatic rings. The number of hydrogen-bond donors (Lipinski definition) is 0. The van der Waals surface area contributed by atoms with Crippen LogP contribution in [0.15, 0.2) is 27.4 Å². The van der Waals surface area contributed by atoms with Gasteiger partial charge in [-0.15, -0.1) is 0 Å². The molecule has 11 heavy (non-hydrogen) atoms. The van der Waals surface area contributed by atoms with E-state index in [0.717, 1.165) is 6.42 Å². The molecule has 0 bridgehead atoms. The van der Waals surface area contributed by atoms with Crippen molar-refractivity contribution < 1.29 is 0 Å². The van der Waals surface area contributed by atoms with Crippen LogP contribution in [0.5, 0.6) is 0 Å².